The van der Waals surface area contributed by atoms with Gasteiger partial charge in [0.15, 0.2) is 5.11 Å². The molecule has 1 aromatic rings. The van der Waals surface area contributed by atoms with Crippen LogP contribution >= 0.6 is 23.6 Å². The molecule has 0 spiro atoms. The molecule has 1 aliphatic heterocycles. The van der Waals surface area contributed by atoms with Crippen molar-refractivity contribution in [2.75, 3.05) is 38.7 Å². The number of esters is 1. The van der Waals surface area contributed by atoms with Crippen molar-refractivity contribution in [3.63, 3.8) is 0 Å². The van der Waals surface area contributed by atoms with E-state index in [0.29, 0.717) is 28.9 Å². The first kappa shape index (κ1) is 16.2. The molecule has 0 saturated carbocycles. The average Bonchev–Trinajstić information content (AvgIpc) is 2.74. The summed E-state index contributed by atoms with van der Waals surface area (Å²) in [6, 6.07) is 0. The third-order valence-corrected chi connectivity index (χ3v) is 4.59. The summed E-state index contributed by atoms with van der Waals surface area (Å²) >= 11 is 6.79. The number of hydrazine groups is 1. The van der Waals surface area contributed by atoms with Gasteiger partial charge in [0.2, 0.25) is 0 Å². The SMILES string of the molecule is COC(=O)c1c(NC(=S)NN2CCOCC2)sc(C)c1C. The van der Waals surface area contributed by atoms with Gasteiger partial charge in [0, 0.05) is 18.0 Å². The van der Waals surface area contributed by atoms with E-state index in [-0.39, 0.29) is 5.97 Å². The molecule has 0 radical (unpaired) electrons. The summed E-state index contributed by atoms with van der Waals surface area (Å²) in [7, 11) is 1.38. The van der Waals surface area contributed by atoms with E-state index >= 15 is 0 Å². The smallest absolute Gasteiger partial charge is 0.341 e. The summed E-state index contributed by atoms with van der Waals surface area (Å²) in [5, 5.41) is 6.25. The number of thiocarbonyl (C=S) groups is 1. The Bertz CT molecular complexity index is 539. The number of hydrogen-bond donors (Lipinski definition) is 2. The zero-order chi connectivity index (χ0) is 15.4. The maximum atomic E-state index is 11.9. The first-order valence-corrected chi connectivity index (χ1v) is 7.84. The standard InChI is InChI=1S/C13H19N3O3S2/c1-8-9(2)21-11(10(8)12(17)18-3)14-13(20)15-16-4-6-19-7-5-16/h4-7H2,1-3H3,(H2,14,15,20). The lowest BCUT2D eigenvalue weighted by atomic mass is 10.1. The number of rotatable bonds is 3. The molecular formula is C13H19N3O3S2. The van der Waals surface area contributed by atoms with E-state index in [2.05, 4.69) is 10.7 Å². The van der Waals surface area contributed by atoms with Crippen molar-refractivity contribution in [1.29, 1.82) is 0 Å². The first-order chi connectivity index (χ1) is 10.0. The molecule has 1 aromatic heterocycles. The van der Waals surface area contributed by atoms with Gasteiger partial charge in [0.05, 0.1) is 25.9 Å². The molecule has 0 aromatic carbocycles. The first-order valence-electron chi connectivity index (χ1n) is 6.61. The molecule has 2 heterocycles. The van der Waals surface area contributed by atoms with Crippen molar-refractivity contribution in [3.8, 4) is 0 Å². The highest BCUT2D eigenvalue weighted by Gasteiger charge is 2.21. The molecule has 2 rings (SSSR count). The Balaban J connectivity index is 2.06. The minimum absolute atomic E-state index is 0.353. The zero-order valence-electron chi connectivity index (χ0n) is 12.3. The highest BCUT2D eigenvalue weighted by molar-refractivity contribution is 7.80. The Kier molecular flexibility index (Phi) is 5.51. The second-order valence-corrected chi connectivity index (χ2v) is 6.28. The topological polar surface area (TPSA) is 62.8 Å². The summed E-state index contributed by atoms with van der Waals surface area (Å²) in [5.41, 5.74) is 4.58. The molecule has 6 nitrogen and oxygen atoms in total. The van der Waals surface area contributed by atoms with Crippen LogP contribution in [0.25, 0.3) is 0 Å². The normalized spacial score (nSPS) is 15.6. The second kappa shape index (κ2) is 7.17. The Morgan fingerprint density at radius 1 is 1.38 bits per heavy atom. The maximum absolute atomic E-state index is 11.9. The summed E-state index contributed by atoms with van der Waals surface area (Å²) in [5.74, 6) is -0.353. The van der Waals surface area contributed by atoms with Gasteiger partial charge in [-0.1, -0.05) is 0 Å². The highest BCUT2D eigenvalue weighted by atomic mass is 32.1. The fourth-order valence-electron chi connectivity index (χ4n) is 2.01. The molecule has 0 amide bonds. The van der Waals surface area contributed by atoms with Crippen LogP contribution in [0.2, 0.25) is 0 Å². The summed E-state index contributed by atoms with van der Waals surface area (Å²) in [6.07, 6.45) is 0. The number of morpholine rings is 1. The molecule has 0 bridgehead atoms. The molecule has 2 N–H and O–H groups in total. The van der Waals surface area contributed by atoms with E-state index in [1.807, 2.05) is 18.9 Å². The number of carbonyl (C=O) groups excluding carboxylic acids is 1. The summed E-state index contributed by atoms with van der Waals surface area (Å²) in [6.45, 7) is 6.78. The largest absolute Gasteiger partial charge is 0.465 e. The number of thiophene rings is 1. The van der Waals surface area contributed by atoms with Gasteiger partial charge in [-0.05, 0) is 31.6 Å². The molecular weight excluding hydrogens is 310 g/mol. The molecule has 0 atom stereocenters. The molecule has 0 aliphatic carbocycles. The highest BCUT2D eigenvalue weighted by Crippen LogP contribution is 2.32. The number of aryl methyl sites for hydroxylation is 1. The number of methoxy groups -OCH3 is 1. The fourth-order valence-corrected chi connectivity index (χ4v) is 3.36. The van der Waals surface area contributed by atoms with Gasteiger partial charge in [-0.3, -0.25) is 5.43 Å². The third-order valence-electron chi connectivity index (χ3n) is 3.27. The predicted octanol–water partition coefficient (Wildman–Crippen LogP) is 1.69. The van der Waals surface area contributed by atoms with Crippen molar-refractivity contribution in [2.24, 2.45) is 0 Å². The Morgan fingerprint density at radius 3 is 2.67 bits per heavy atom. The second-order valence-electron chi connectivity index (χ2n) is 4.64. The van der Waals surface area contributed by atoms with Crippen molar-refractivity contribution in [3.05, 3.63) is 16.0 Å². The fraction of sp³-hybridized carbons (Fsp3) is 0.538. The molecule has 1 fully saturated rings. The minimum Gasteiger partial charge on any atom is -0.465 e. The van der Waals surface area contributed by atoms with Crippen LogP contribution in [-0.2, 0) is 9.47 Å². The molecule has 0 unspecified atom stereocenters. The number of ether oxygens (including phenoxy) is 2. The number of nitrogens with zero attached hydrogens (tertiary/aromatic N) is 1. The number of carbonyl (C=O) groups is 1. The summed E-state index contributed by atoms with van der Waals surface area (Å²) in [4.78, 5) is 13.0. The lowest BCUT2D eigenvalue weighted by molar-refractivity contribution is 0.0252. The van der Waals surface area contributed by atoms with E-state index in [1.54, 1.807) is 0 Å². The quantitative estimate of drug-likeness (QED) is 0.646. The van der Waals surface area contributed by atoms with E-state index in [9.17, 15) is 4.79 Å². The molecule has 1 saturated heterocycles. The van der Waals surface area contributed by atoms with Gasteiger partial charge in [-0.15, -0.1) is 11.3 Å². The Morgan fingerprint density at radius 2 is 2.05 bits per heavy atom. The van der Waals surface area contributed by atoms with E-state index in [0.717, 1.165) is 23.5 Å². The number of hydrogen-bond acceptors (Lipinski definition) is 6. The van der Waals surface area contributed by atoms with Gasteiger partial charge in [-0.25, -0.2) is 9.80 Å². The van der Waals surface area contributed by atoms with Crippen LogP contribution in [0.4, 0.5) is 5.00 Å². The summed E-state index contributed by atoms with van der Waals surface area (Å²) < 4.78 is 10.1. The van der Waals surface area contributed by atoms with Gasteiger partial charge in [-0.2, -0.15) is 0 Å². The predicted molar refractivity (Wildman–Crippen MR) is 86.9 cm³/mol. The van der Waals surface area contributed by atoms with E-state index in [4.69, 9.17) is 21.7 Å². The van der Waals surface area contributed by atoms with Gasteiger partial charge in [0.1, 0.15) is 5.00 Å². The van der Waals surface area contributed by atoms with Crippen molar-refractivity contribution in [2.45, 2.75) is 13.8 Å². The van der Waals surface area contributed by atoms with Gasteiger partial charge >= 0.3 is 5.97 Å². The van der Waals surface area contributed by atoms with Crippen LogP contribution in [0.5, 0.6) is 0 Å². The van der Waals surface area contributed by atoms with Crippen LogP contribution in [0.3, 0.4) is 0 Å². The molecule has 21 heavy (non-hydrogen) atoms. The number of nitrogens with one attached hydrogen (secondary N) is 2. The monoisotopic (exact) mass is 329 g/mol. The van der Waals surface area contributed by atoms with Gasteiger partial charge in [0.25, 0.3) is 0 Å². The molecule has 116 valence electrons. The lowest BCUT2D eigenvalue weighted by Crippen LogP contribution is -2.49. The van der Waals surface area contributed by atoms with Crippen LogP contribution in [0.1, 0.15) is 20.8 Å². The zero-order valence-corrected chi connectivity index (χ0v) is 13.9. The Hall–Kier alpha value is -1.22. The average molecular weight is 329 g/mol. The molecule has 8 heteroatoms. The Labute approximate surface area is 133 Å². The third kappa shape index (κ3) is 3.91. The van der Waals surface area contributed by atoms with Gasteiger partial charge < -0.3 is 14.8 Å². The molecule has 1 aliphatic rings. The van der Waals surface area contributed by atoms with Crippen LogP contribution < -0.4 is 10.7 Å². The number of anilines is 1. The van der Waals surface area contributed by atoms with Crippen LogP contribution in [0, 0.1) is 13.8 Å². The minimum atomic E-state index is -0.353. The van der Waals surface area contributed by atoms with Crippen LogP contribution in [0.15, 0.2) is 0 Å². The van der Waals surface area contributed by atoms with E-state index in [1.165, 1.54) is 18.4 Å². The van der Waals surface area contributed by atoms with Crippen molar-refractivity contribution < 1.29 is 14.3 Å². The van der Waals surface area contributed by atoms with Crippen molar-refractivity contribution in [1.82, 2.24) is 10.4 Å². The van der Waals surface area contributed by atoms with Crippen LogP contribution in [-0.4, -0.2) is 49.5 Å². The van der Waals surface area contributed by atoms with E-state index < -0.39 is 0 Å². The lowest BCUT2D eigenvalue weighted by Gasteiger charge is -2.28. The maximum Gasteiger partial charge on any atom is 0.341 e. The van der Waals surface area contributed by atoms with Crippen molar-refractivity contribution >= 4 is 39.6 Å².